The largest absolute Gasteiger partial charge is 0.461 e. The summed E-state index contributed by atoms with van der Waals surface area (Å²) in [6.07, 6.45) is 2.89. The zero-order valence-corrected chi connectivity index (χ0v) is 13.9. The second-order valence-corrected chi connectivity index (χ2v) is 6.72. The number of piperidine rings is 1. The maximum Gasteiger partial charge on any atom is 0.410 e. The van der Waals surface area contributed by atoms with Crippen LogP contribution in [0, 0.1) is 5.92 Å². The van der Waals surface area contributed by atoms with E-state index in [1.165, 1.54) is 0 Å². The summed E-state index contributed by atoms with van der Waals surface area (Å²) in [4.78, 5) is 29.5. The molecular weight excluding hydrogens is 296 g/mol. The molecular formula is C17H24N2O4. The van der Waals surface area contributed by atoms with Gasteiger partial charge in [0.2, 0.25) is 0 Å². The molecule has 23 heavy (non-hydrogen) atoms. The van der Waals surface area contributed by atoms with E-state index in [-0.39, 0.29) is 12.0 Å². The lowest BCUT2D eigenvalue weighted by molar-refractivity contribution is 0.0114. The van der Waals surface area contributed by atoms with Crippen molar-refractivity contribution in [1.29, 1.82) is 0 Å². The van der Waals surface area contributed by atoms with Crippen LogP contribution in [0.5, 0.6) is 0 Å². The third-order valence-corrected chi connectivity index (χ3v) is 3.59. The molecule has 6 heteroatoms. The van der Waals surface area contributed by atoms with Gasteiger partial charge >= 0.3 is 12.1 Å². The molecule has 0 bridgehead atoms. The summed E-state index contributed by atoms with van der Waals surface area (Å²) in [7, 11) is 0. The first-order chi connectivity index (χ1) is 10.8. The molecule has 1 fully saturated rings. The topological polar surface area (TPSA) is 68.7 Å². The molecule has 1 saturated heterocycles. The lowest BCUT2D eigenvalue weighted by atomic mass is 9.98. The van der Waals surface area contributed by atoms with Gasteiger partial charge in [-0.1, -0.05) is 6.07 Å². The Morgan fingerprint density at radius 2 is 1.96 bits per heavy atom. The number of nitrogens with zero attached hydrogens (tertiary/aromatic N) is 2. The first-order valence-electron chi connectivity index (χ1n) is 7.91. The van der Waals surface area contributed by atoms with Gasteiger partial charge in [-0.15, -0.1) is 0 Å². The molecule has 0 radical (unpaired) electrons. The van der Waals surface area contributed by atoms with Crippen LogP contribution in [-0.4, -0.2) is 47.2 Å². The standard InChI is InChI=1S/C17H24N2O4/c1-17(2,3)23-16(21)19-10-7-13(8-11-19)12-22-15(20)14-6-4-5-9-18-14/h4-6,9,13H,7-8,10-12H2,1-3H3. The number of likely N-dealkylation sites (tertiary alicyclic amines) is 1. The Hall–Kier alpha value is -2.11. The van der Waals surface area contributed by atoms with E-state index in [0.29, 0.717) is 25.4 Å². The number of rotatable bonds is 3. The third-order valence-electron chi connectivity index (χ3n) is 3.59. The van der Waals surface area contributed by atoms with E-state index >= 15 is 0 Å². The highest BCUT2D eigenvalue weighted by Crippen LogP contribution is 2.20. The zero-order chi connectivity index (χ0) is 16.9. The molecule has 1 aliphatic heterocycles. The van der Waals surface area contributed by atoms with Crippen LogP contribution < -0.4 is 0 Å². The quantitative estimate of drug-likeness (QED) is 0.801. The molecule has 1 aromatic rings. The Kier molecular flexibility index (Phi) is 5.58. The lowest BCUT2D eigenvalue weighted by Crippen LogP contribution is -2.42. The van der Waals surface area contributed by atoms with E-state index in [0.717, 1.165) is 12.8 Å². The van der Waals surface area contributed by atoms with Gasteiger partial charge in [0, 0.05) is 19.3 Å². The Labute approximate surface area is 136 Å². The van der Waals surface area contributed by atoms with Crippen molar-refractivity contribution in [3.05, 3.63) is 30.1 Å². The fraction of sp³-hybridized carbons (Fsp3) is 0.588. The van der Waals surface area contributed by atoms with Gasteiger partial charge in [0.1, 0.15) is 11.3 Å². The summed E-state index contributed by atoms with van der Waals surface area (Å²) in [5, 5.41) is 0. The normalized spacial score (nSPS) is 16.0. The van der Waals surface area contributed by atoms with Crippen LogP contribution in [0.2, 0.25) is 0 Å². The van der Waals surface area contributed by atoms with Gasteiger partial charge in [-0.05, 0) is 51.7 Å². The van der Waals surface area contributed by atoms with Gasteiger partial charge in [0.15, 0.2) is 0 Å². The minimum Gasteiger partial charge on any atom is -0.461 e. The Bertz CT molecular complexity index is 531. The van der Waals surface area contributed by atoms with Crippen molar-refractivity contribution < 1.29 is 19.1 Å². The molecule has 0 atom stereocenters. The summed E-state index contributed by atoms with van der Waals surface area (Å²) < 4.78 is 10.7. The van der Waals surface area contributed by atoms with Crippen molar-refractivity contribution in [3.63, 3.8) is 0 Å². The average Bonchev–Trinajstić information content (AvgIpc) is 2.52. The van der Waals surface area contributed by atoms with E-state index in [1.54, 1.807) is 29.3 Å². The summed E-state index contributed by atoms with van der Waals surface area (Å²) in [5.41, 5.74) is -0.162. The molecule has 0 aromatic carbocycles. The van der Waals surface area contributed by atoms with E-state index in [1.807, 2.05) is 20.8 Å². The molecule has 1 aromatic heterocycles. The number of hydrogen-bond acceptors (Lipinski definition) is 5. The van der Waals surface area contributed by atoms with E-state index in [2.05, 4.69) is 4.98 Å². The minimum atomic E-state index is -0.480. The van der Waals surface area contributed by atoms with Crippen molar-refractivity contribution in [3.8, 4) is 0 Å². The number of ether oxygens (including phenoxy) is 2. The predicted molar refractivity (Wildman–Crippen MR) is 85.1 cm³/mol. The molecule has 1 amide bonds. The van der Waals surface area contributed by atoms with Gasteiger partial charge in [-0.3, -0.25) is 0 Å². The Morgan fingerprint density at radius 1 is 1.26 bits per heavy atom. The summed E-state index contributed by atoms with van der Waals surface area (Å²) in [6.45, 7) is 7.18. The van der Waals surface area contributed by atoms with Crippen LogP contribution in [0.25, 0.3) is 0 Å². The van der Waals surface area contributed by atoms with Crippen molar-refractivity contribution in [2.24, 2.45) is 5.92 Å². The molecule has 126 valence electrons. The fourth-order valence-corrected chi connectivity index (χ4v) is 2.36. The van der Waals surface area contributed by atoms with Gasteiger partial charge in [-0.25, -0.2) is 14.6 Å². The fourth-order valence-electron chi connectivity index (χ4n) is 2.36. The Balaban J connectivity index is 1.73. The predicted octanol–water partition coefficient (Wildman–Crippen LogP) is 2.89. The summed E-state index contributed by atoms with van der Waals surface area (Å²) in [6, 6.07) is 5.14. The van der Waals surface area contributed by atoms with Crippen LogP contribution in [-0.2, 0) is 9.47 Å². The van der Waals surface area contributed by atoms with Crippen LogP contribution in [0.1, 0.15) is 44.1 Å². The molecule has 1 aliphatic rings. The van der Waals surface area contributed by atoms with Gasteiger partial charge in [-0.2, -0.15) is 0 Å². The van der Waals surface area contributed by atoms with Crippen molar-refractivity contribution in [2.45, 2.75) is 39.2 Å². The van der Waals surface area contributed by atoms with Gasteiger partial charge < -0.3 is 14.4 Å². The maximum atomic E-state index is 12.0. The molecule has 0 aliphatic carbocycles. The van der Waals surface area contributed by atoms with Gasteiger partial charge in [0.05, 0.1) is 6.61 Å². The smallest absolute Gasteiger partial charge is 0.410 e. The highest BCUT2D eigenvalue weighted by molar-refractivity contribution is 5.87. The first-order valence-corrected chi connectivity index (χ1v) is 7.91. The molecule has 0 N–H and O–H groups in total. The molecule has 2 rings (SSSR count). The lowest BCUT2D eigenvalue weighted by Gasteiger charge is -2.33. The monoisotopic (exact) mass is 320 g/mol. The summed E-state index contributed by atoms with van der Waals surface area (Å²) in [5.74, 6) is -0.137. The number of amides is 1. The van der Waals surface area contributed by atoms with Crippen molar-refractivity contribution >= 4 is 12.1 Å². The minimum absolute atomic E-state index is 0.265. The number of pyridine rings is 1. The summed E-state index contributed by atoms with van der Waals surface area (Å²) >= 11 is 0. The first kappa shape index (κ1) is 17.2. The molecule has 0 spiro atoms. The number of esters is 1. The number of hydrogen-bond donors (Lipinski definition) is 0. The maximum absolute atomic E-state index is 12.0. The van der Waals surface area contributed by atoms with E-state index in [9.17, 15) is 9.59 Å². The van der Waals surface area contributed by atoms with E-state index in [4.69, 9.17) is 9.47 Å². The second kappa shape index (κ2) is 7.44. The average molecular weight is 320 g/mol. The molecule has 6 nitrogen and oxygen atoms in total. The number of carbonyl (C=O) groups excluding carboxylic acids is 2. The third kappa shape index (κ3) is 5.54. The van der Waals surface area contributed by atoms with E-state index < -0.39 is 11.6 Å². The molecule has 2 heterocycles. The SMILES string of the molecule is CC(C)(C)OC(=O)N1CCC(COC(=O)c2ccccn2)CC1. The number of aromatic nitrogens is 1. The van der Waals surface area contributed by atoms with Crippen molar-refractivity contribution in [1.82, 2.24) is 9.88 Å². The Morgan fingerprint density at radius 3 is 2.52 bits per heavy atom. The van der Waals surface area contributed by atoms with Crippen LogP contribution in [0.3, 0.4) is 0 Å². The molecule has 0 saturated carbocycles. The van der Waals surface area contributed by atoms with Crippen molar-refractivity contribution in [2.75, 3.05) is 19.7 Å². The highest BCUT2D eigenvalue weighted by atomic mass is 16.6. The van der Waals surface area contributed by atoms with Gasteiger partial charge in [0.25, 0.3) is 0 Å². The number of carbonyl (C=O) groups is 2. The van der Waals surface area contributed by atoms with Crippen LogP contribution in [0.4, 0.5) is 4.79 Å². The van der Waals surface area contributed by atoms with Crippen LogP contribution >= 0.6 is 0 Å². The van der Waals surface area contributed by atoms with Crippen LogP contribution in [0.15, 0.2) is 24.4 Å². The highest BCUT2D eigenvalue weighted by Gasteiger charge is 2.27. The second-order valence-electron chi connectivity index (χ2n) is 6.72. The molecule has 0 unspecified atom stereocenters. The zero-order valence-electron chi connectivity index (χ0n) is 13.9.